The van der Waals surface area contributed by atoms with Crippen LogP contribution in [0.1, 0.15) is 25.8 Å². The number of nitrogens with one attached hydrogen (secondary N) is 2. The minimum atomic E-state index is -0.367. The lowest BCUT2D eigenvalue weighted by molar-refractivity contribution is -0.904. The molecule has 1 fully saturated rings. The van der Waals surface area contributed by atoms with Gasteiger partial charge in [0.05, 0.1) is 18.8 Å². The van der Waals surface area contributed by atoms with Crippen LogP contribution < -0.4 is 10.2 Å². The van der Waals surface area contributed by atoms with Crippen molar-refractivity contribution in [3.63, 3.8) is 0 Å². The molecule has 1 aromatic carbocycles. The molecule has 1 aromatic rings. The van der Waals surface area contributed by atoms with Crippen LogP contribution >= 0.6 is 0 Å². The predicted octanol–water partition coefficient (Wildman–Crippen LogP) is 1.63. The Morgan fingerprint density at radius 1 is 1.35 bits per heavy atom. The van der Waals surface area contributed by atoms with E-state index in [-0.39, 0.29) is 17.4 Å². The summed E-state index contributed by atoms with van der Waals surface area (Å²) in [6.07, 6.45) is 1.23. The summed E-state index contributed by atoms with van der Waals surface area (Å²) in [6, 6.07) is 4.86. The zero-order chi connectivity index (χ0) is 14.7. The maximum atomic E-state index is 13.7. The van der Waals surface area contributed by atoms with E-state index in [1.165, 1.54) is 17.4 Å². The van der Waals surface area contributed by atoms with Crippen LogP contribution in [0.4, 0.5) is 10.1 Å². The van der Waals surface area contributed by atoms with Crippen molar-refractivity contribution in [1.29, 1.82) is 0 Å². The first-order valence-electron chi connectivity index (χ1n) is 7.33. The molecule has 2 rings (SSSR count). The van der Waals surface area contributed by atoms with E-state index in [2.05, 4.69) is 19.2 Å². The third-order valence-electron chi connectivity index (χ3n) is 3.89. The van der Waals surface area contributed by atoms with Crippen LogP contribution in [0.25, 0.3) is 0 Å². The number of quaternary nitrogens is 1. The van der Waals surface area contributed by atoms with E-state index in [1.807, 2.05) is 6.92 Å². The average molecular weight is 279 g/mol. The van der Waals surface area contributed by atoms with Crippen molar-refractivity contribution in [1.82, 2.24) is 0 Å². The number of likely N-dealkylation sites (tertiary alicyclic amines) is 1. The molecule has 110 valence electrons. The number of halogens is 1. The Kier molecular flexibility index (Phi) is 4.76. The highest BCUT2D eigenvalue weighted by molar-refractivity contribution is 5.91. The second-order valence-electron chi connectivity index (χ2n) is 6.31. The molecule has 1 unspecified atom stereocenters. The molecule has 3 nitrogen and oxygen atoms in total. The van der Waals surface area contributed by atoms with Crippen LogP contribution in [-0.4, -0.2) is 25.5 Å². The van der Waals surface area contributed by atoms with Crippen LogP contribution in [0, 0.1) is 24.6 Å². The highest BCUT2D eigenvalue weighted by Gasteiger charge is 2.26. The van der Waals surface area contributed by atoms with Crippen LogP contribution in [0.15, 0.2) is 18.2 Å². The number of anilines is 1. The first-order chi connectivity index (χ1) is 9.44. The molecule has 1 amide bonds. The number of carbonyl (C=O) groups is 1. The number of amides is 1. The Balaban J connectivity index is 1.92. The Hall–Kier alpha value is -1.42. The lowest BCUT2D eigenvalue weighted by Crippen LogP contribution is -3.15. The van der Waals surface area contributed by atoms with Gasteiger partial charge in [-0.2, -0.15) is 0 Å². The second kappa shape index (κ2) is 6.35. The number of rotatable bonds is 3. The molecule has 0 aromatic heterocycles. The monoisotopic (exact) mass is 279 g/mol. The number of aryl methyl sites for hydroxylation is 1. The molecule has 0 saturated carbocycles. The summed E-state index contributed by atoms with van der Waals surface area (Å²) in [5, 5.41) is 2.68. The number of benzene rings is 1. The fourth-order valence-electron chi connectivity index (χ4n) is 3.21. The summed E-state index contributed by atoms with van der Waals surface area (Å²) < 4.78 is 13.7. The summed E-state index contributed by atoms with van der Waals surface area (Å²) in [4.78, 5) is 13.3. The highest BCUT2D eigenvalue weighted by Crippen LogP contribution is 2.15. The Morgan fingerprint density at radius 3 is 2.60 bits per heavy atom. The zero-order valence-corrected chi connectivity index (χ0v) is 12.5. The zero-order valence-electron chi connectivity index (χ0n) is 12.5. The fourth-order valence-corrected chi connectivity index (χ4v) is 3.21. The molecule has 0 radical (unpaired) electrons. The summed E-state index contributed by atoms with van der Waals surface area (Å²) >= 11 is 0. The van der Waals surface area contributed by atoms with Gasteiger partial charge in [0.25, 0.3) is 5.91 Å². The van der Waals surface area contributed by atoms with Crippen molar-refractivity contribution in [2.75, 3.05) is 25.0 Å². The van der Waals surface area contributed by atoms with E-state index >= 15 is 0 Å². The summed E-state index contributed by atoms with van der Waals surface area (Å²) in [5.41, 5.74) is 1.13. The molecule has 1 aliphatic rings. The summed E-state index contributed by atoms with van der Waals surface area (Å²) in [5.74, 6) is 0.827. The fraction of sp³-hybridized carbons (Fsp3) is 0.562. The minimum Gasteiger partial charge on any atom is -0.327 e. The lowest BCUT2D eigenvalue weighted by atomic mass is 9.92. The molecule has 2 N–H and O–H groups in total. The number of carbonyl (C=O) groups excluding carboxylic acids is 1. The molecule has 0 spiro atoms. The smallest absolute Gasteiger partial charge is 0.279 e. The quantitative estimate of drug-likeness (QED) is 0.866. The molecule has 1 saturated heterocycles. The van der Waals surface area contributed by atoms with Gasteiger partial charge in [-0.15, -0.1) is 0 Å². The molecule has 1 aliphatic heterocycles. The van der Waals surface area contributed by atoms with Gasteiger partial charge in [0.15, 0.2) is 6.54 Å². The number of piperidine rings is 1. The van der Waals surface area contributed by atoms with E-state index in [0.717, 1.165) is 18.7 Å². The van der Waals surface area contributed by atoms with Gasteiger partial charge in [0, 0.05) is 11.8 Å². The normalized spacial score (nSPS) is 26.3. The topological polar surface area (TPSA) is 33.5 Å². The highest BCUT2D eigenvalue weighted by atomic mass is 19.1. The van der Waals surface area contributed by atoms with Gasteiger partial charge in [0.1, 0.15) is 5.82 Å². The van der Waals surface area contributed by atoms with Crippen LogP contribution in [-0.2, 0) is 4.79 Å². The first-order valence-corrected chi connectivity index (χ1v) is 7.33. The minimum absolute atomic E-state index is 0.107. The van der Waals surface area contributed by atoms with Crippen molar-refractivity contribution in [3.05, 3.63) is 29.6 Å². The van der Waals surface area contributed by atoms with Gasteiger partial charge in [-0.25, -0.2) is 4.39 Å². The Bertz CT molecular complexity index is 479. The summed E-state index contributed by atoms with van der Waals surface area (Å²) in [6.45, 7) is 8.75. The van der Waals surface area contributed by atoms with Gasteiger partial charge < -0.3 is 10.2 Å². The van der Waals surface area contributed by atoms with Crippen molar-refractivity contribution in [2.24, 2.45) is 11.8 Å². The first kappa shape index (κ1) is 15.0. The molecular weight excluding hydrogens is 255 g/mol. The van der Waals surface area contributed by atoms with Gasteiger partial charge in [-0.3, -0.25) is 4.79 Å². The molecule has 20 heavy (non-hydrogen) atoms. The molecule has 0 aliphatic carbocycles. The van der Waals surface area contributed by atoms with E-state index in [4.69, 9.17) is 0 Å². The van der Waals surface area contributed by atoms with Gasteiger partial charge in [0.2, 0.25) is 0 Å². The van der Waals surface area contributed by atoms with Crippen molar-refractivity contribution >= 4 is 11.6 Å². The molecule has 3 atom stereocenters. The van der Waals surface area contributed by atoms with Crippen LogP contribution in [0.5, 0.6) is 0 Å². The van der Waals surface area contributed by atoms with Gasteiger partial charge >= 0.3 is 0 Å². The largest absolute Gasteiger partial charge is 0.327 e. The van der Waals surface area contributed by atoms with Crippen LogP contribution in [0.2, 0.25) is 0 Å². The van der Waals surface area contributed by atoms with Crippen LogP contribution in [0.3, 0.4) is 0 Å². The maximum Gasteiger partial charge on any atom is 0.279 e. The Morgan fingerprint density at radius 2 is 2.00 bits per heavy atom. The van der Waals surface area contributed by atoms with Gasteiger partial charge in [-0.1, -0.05) is 19.9 Å². The molecular formula is C16H24FN2O+. The van der Waals surface area contributed by atoms with E-state index in [9.17, 15) is 9.18 Å². The lowest BCUT2D eigenvalue weighted by Gasteiger charge is -2.31. The molecule has 0 bridgehead atoms. The van der Waals surface area contributed by atoms with Crippen molar-refractivity contribution < 1.29 is 14.1 Å². The van der Waals surface area contributed by atoms with Crippen molar-refractivity contribution in [3.8, 4) is 0 Å². The average Bonchev–Trinajstić information content (AvgIpc) is 2.31. The second-order valence-corrected chi connectivity index (χ2v) is 6.31. The molecule has 1 heterocycles. The van der Waals surface area contributed by atoms with E-state index in [1.54, 1.807) is 12.1 Å². The number of hydrogen-bond acceptors (Lipinski definition) is 1. The van der Waals surface area contributed by atoms with Gasteiger partial charge in [-0.05, 0) is 31.0 Å². The maximum absolute atomic E-state index is 13.7. The standard InChI is InChI=1S/C16H23FN2O/c1-11-4-5-15(14(17)7-11)18-16(20)10-19-8-12(2)6-13(3)9-19/h4-5,7,12-13H,6,8-10H2,1-3H3,(H,18,20)/p+1/t12-,13+. The third kappa shape index (κ3) is 4.04. The van der Waals surface area contributed by atoms with E-state index < -0.39 is 0 Å². The summed E-state index contributed by atoms with van der Waals surface area (Å²) in [7, 11) is 0. The Labute approximate surface area is 120 Å². The SMILES string of the molecule is Cc1ccc(NC(=O)C[NH+]2C[C@H](C)C[C@H](C)C2)c(F)c1. The van der Waals surface area contributed by atoms with E-state index in [0.29, 0.717) is 18.4 Å². The number of hydrogen-bond donors (Lipinski definition) is 2. The van der Waals surface area contributed by atoms with Crippen molar-refractivity contribution in [2.45, 2.75) is 27.2 Å². The third-order valence-corrected chi connectivity index (χ3v) is 3.89. The molecule has 4 heteroatoms. The predicted molar refractivity (Wildman–Crippen MR) is 78.3 cm³/mol.